The molecular formula is C18H29N. The van der Waals surface area contributed by atoms with Crippen molar-refractivity contribution in [2.45, 2.75) is 52.9 Å². The highest BCUT2D eigenvalue weighted by Gasteiger charge is 2.32. The van der Waals surface area contributed by atoms with Gasteiger partial charge in [0.15, 0.2) is 0 Å². The molecule has 2 rings (SSSR count). The Bertz CT molecular complexity index is 422. The second-order valence-electron chi connectivity index (χ2n) is 6.71. The Morgan fingerprint density at radius 2 is 1.95 bits per heavy atom. The number of aryl methyl sites for hydroxylation is 1. The molecule has 0 amide bonds. The molecule has 19 heavy (non-hydrogen) atoms. The fourth-order valence-electron chi connectivity index (χ4n) is 3.71. The maximum absolute atomic E-state index is 6.04. The van der Waals surface area contributed by atoms with Crippen molar-refractivity contribution in [1.29, 1.82) is 0 Å². The Balaban J connectivity index is 2.30. The number of hydrogen-bond donors (Lipinski definition) is 1. The average molecular weight is 259 g/mol. The maximum Gasteiger partial charge on any atom is -0.00430 e. The molecule has 0 aliphatic heterocycles. The molecule has 0 radical (unpaired) electrons. The predicted molar refractivity (Wildman–Crippen MR) is 83.4 cm³/mol. The fraction of sp³-hybridized carbons (Fsp3) is 0.667. The highest BCUT2D eigenvalue weighted by molar-refractivity contribution is 5.36. The summed E-state index contributed by atoms with van der Waals surface area (Å²) < 4.78 is 0. The van der Waals surface area contributed by atoms with Crippen molar-refractivity contribution in [3.05, 3.63) is 34.9 Å². The summed E-state index contributed by atoms with van der Waals surface area (Å²) in [4.78, 5) is 0. The first-order chi connectivity index (χ1) is 9.04. The SMILES string of the molecule is Cc1cccc(C2CC(C(C)C)CCC2CN)c1C. The van der Waals surface area contributed by atoms with E-state index in [0.29, 0.717) is 11.8 Å². The third-order valence-corrected chi connectivity index (χ3v) is 5.33. The van der Waals surface area contributed by atoms with E-state index in [9.17, 15) is 0 Å². The average Bonchev–Trinajstić information content (AvgIpc) is 2.41. The van der Waals surface area contributed by atoms with E-state index in [-0.39, 0.29) is 0 Å². The quantitative estimate of drug-likeness (QED) is 0.854. The van der Waals surface area contributed by atoms with Gasteiger partial charge >= 0.3 is 0 Å². The Hall–Kier alpha value is -0.820. The number of nitrogens with two attached hydrogens (primary N) is 1. The van der Waals surface area contributed by atoms with Crippen molar-refractivity contribution in [2.75, 3.05) is 6.54 Å². The monoisotopic (exact) mass is 259 g/mol. The predicted octanol–water partition coefficient (Wildman–Crippen LogP) is 4.42. The van der Waals surface area contributed by atoms with E-state index in [1.807, 2.05) is 0 Å². The maximum atomic E-state index is 6.04. The van der Waals surface area contributed by atoms with Crippen LogP contribution in [0.25, 0.3) is 0 Å². The molecule has 0 aromatic heterocycles. The molecule has 1 saturated carbocycles. The second kappa shape index (κ2) is 6.09. The van der Waals surface area contributed by atoms with Crippen molar-refractivity contribution in [3.63, 3.8) is 0 Å². The lowest BCUT2D eigenvalue weighted by atomic mass is 9.67. The van der Waals surface area contributed by atoms with E-state index >= 15 is 0 Å². The van der Waals surface area contributed by atoms with Gasteiger partial charge in [-0.25, -0.2) is 0 Å². The van der Waals surface area contributed by atoms with Gasteiger partial charge in [0.1, 0.15) is 0 Å². The summed E-state index contributed by atoms with van der Waals surface area (Å²) in [7, 11) is 0. The van der Waals surface area contributed by atoms with Crippen LogP contribution in [0.5, 0.6) is 0 Å². The van der Waals surface area contributed by atoms with Crippen LogP contribution in [0.3, 0.4) is 0 Å². The summed E-state index contributed by atoms with van der Waals surface area (Å²) in [5.41, 5.74) is 10.5. The topological polar surface area (TPSA) is 26.0 Å². The van der Waals surface area contributed by atoms with Crippen LogP contribution in [0.1, 0.15) is 55.7 Å². The molecule has 0 spiro atoms. The number of hydrogen-bond acceptors (Lipinski definition) is 1. The van der Waals surface area contributed by atoms with Crippen molar-refractivity contribution in [2.24, 2.45) is 23.5 Å². The van der Waals surface area contributed by atoms with Gasteiger partial charge in [-0.1, -0.05) is 32.0 Å². The third-order valence-electron chi connectivity index (χ3n) is 5.33. The van der Waals surface area contributed by atoms with Gasteiger partial charge in [0.25, 0.3) is 0 Å². The van der Waals surface area contributed by atoms with Crippen LogP contribution in [-0.4, -0.2) is 6.54 Å². The molecule has 1 aliphatic carbocycles. The molecule has 1 aromatic rings. The molecular weight excluding hydrogens is 230 g/mol. The van der Waals surface area contributed by atoms with E-state index in [0.717, 1.165) is 18.4 Å². The Morgan fingerprint density at radius 1 is 1.21 bits per heavy atom. The summed E-state index contributed by atoms with van der Waals surface area (Å²) in [5.74, 6) is 3.01. The molecule has 106 valence electrons. The van der Waals surface area contributed by atoms with Crippen LogP contribution < -0.4 is 5.73 Å². The molecule has 1 aliphatic rings. The minimum absolute atomic E-state index is 0.672. The number of benzene rings is 1. The number of rotatable bonds is 3. The molecule has 1 nitrogen and oxygen atoms in total. The van der Waals surface area contributed by atoms with Gasteiger partial charge in [-0.3, -0.25) is 0 Å². The summed E-state index contributed by atoms with van der Waals surface area (Å²) in [5, 5.41) is 0. The van der Waals surface area contributed by atoms with Crippen molar-refractivity contribution < 1.29 is 0 Å². The molecule has 1 aromatic carbocycles. The van der Waals surface area contributed by atoms with Crippen LogP contribution in [-0.2, 0) is 0 Å². The van der Waals surface area contributed by atoms with Crippen molar-refractivity contribution >= 4 is 0 Å². The van der Waals surface area contributed by atoms with Gasteiger partial charge in [-0.2, -0.15) is 0 Å². The lowest BCUT2D eigenvalue weighted by Gasteiger charge is -2.38. The lowest BCUT2D eigenvalue weighted by molar-refractivity contribution is 0.197. The molecule has 3 unspecified atom stereocenters. The Kier molecular flexibility index (Phi) is 4.67. The molecule has 2 N–H and O–H groups in total. The first-order valence-electron chi connectivity index (χ1n) is 7.80. The molecule has 3 atom stereocenters. The molecule has 1 heteroatoms. The Morgan fingerprint density at radius 3 is 2.58 bits per heavy atom. The standard InChI is InChI=1S/C18H29N/c1-12(2)15-8-9-16(11-19)18(10-15)17-7-5-6-13(3)14(17)4/h5-7,12,15-16,18H,8-11,19H2,1-4H3. The van der Waals surface area contributed by atoms with E-state index < -0.39 is 0 Å². The summed E-state index contributed by atoms with van der Waals surface area (Å²) in [6, 6.07) is 6.77. The molecule has 0 bridgehead atoms. The van der Waals surface area contributed by atoms with E-state index in [1.165, 1.54) is 30.4 Å². The minimum atomic E-state index is 0.672. The molecule has 0 heterocycles. The summed E-state index contributed by atoms with van der Waals surface area (Å²) in [6.07, 6.45) is 3.99. The molecule has 0 saturated heterocycles. The van der Waals surface area contributed by atoms with E-state index in [2.05, 4.69) is 45.9 Å². The van der Waals surface area contributed by atoms with Gasteiger partial charge in [0.2, 0.25) is 0 Å². The largest absolute Gasteiger partial charge is 0.330 e. The first-order valence-corrected chi connectivity index (χ1v) is 7.80. The molecule has 1 fully saturated rings. The van der Waals surface area contributed by atoms with Crippen LogP contribution in [0.15, 0.2) is 18.2 Å². The zero-order valence-electron chi connectivity index (χ0n) is 12.9. The summed E-state index contributed by atoms with van der Waals surface area (Å²) in [6.45, 7) is 10.1. The smallest absolute Gasteiger partial charge is 0.00430 e. The van der Waals surface area contributed by atoms with Crippen molar-refractivity contribution in [1.82, 2.24) is 0 Å². The van der Waals surface area contributed by atoms with Crippen LogP contribution in [0.4, 0.5) is 0 Å². The van der Waals surface area contributed by atoms with Crippen LogP contribution in [0.2, 0.25) is 0 Å². The van der Waals surface area contributed by atoms with Crippen LogP contribution >= 0.6 is 0 Å². The van der Waals surface area contributed by atoms with Gasteiger partial charge in [-0.15, -0.1) is 0 Å². The van der Waals surface area contributed by atoms with Gasteiger partial charge in [-0.05, 0) is 80.0 Å². The Labute approximate surface area is 118 Å². The van der Waals surface area contributed by atoms with E-state index in [4.69, 9.17) is 5.73 Å². The van der Waals surface area contributed by atoms with Gasteiger partial charge in [0.05, 0.1) is 0 Å². The van der Waals surface area contributed by atoms with Crippen molar-refractivity contribution in [3.8, 4) is 0 Å². The first kappa shape index (κ1) is 14.6. The lowest BCUT2D eigenvalue weighted by Crippen LogP contribution is -2.31. The highest BCUT2D eigenvalue weighted by atomic mass is 14.6. The minimum Gasteiger partial charge on any atom is -0.330 e. The van der Waals surface area contributed by atoms with Gasteiger partial charge in [0, 0.05) is 0 Å². The second-order valence-corrected chi connectivity index (χ2v) is 6.71. The van der Waals surface area contributed by atoms with Gasteiger partial charge < -0.3 is 5.73 Å². The zero-order valence-corrected chi connectivity index (χ0v) is 12.9. The van der Waals surface area contributed by atoms with E-state index in [1.54, 1.807) is 5.56 Å². The normalized spacial score (nSPS) is 27.8. The summed E-state index contributed by atoms with van der Waals surface area (Å²) >= 11 is 0. The third kappa shape index (κ3) is 3.02. The zero-order chi connectivity index (χ0) is 14.0. The van der Waals surface area contributed by atoms with Crippen LogP contribution in [0, 0.1) is 31.6 Å². The fourth-order valence-corrected chi connectivity index (χ4v) is 3.71. The highest BCUT2D eigenvalue weighted by Crippen LogP contribution is 2.43.